The van der Waals surface area contributed by atoms with E-state index in [4.69, 9.17) is 0 Å². The summed E-state index contributed by atoms with van der Waals surface area (Å²) in [7, 11) is 0. The van der Waals surface area contributed by atoms with Gasteiger partial charge in [0, 0.05) is 31.9 Å². The summed E-state index contributed by atoms with van der Waals surface area (Å²) in [5, 5.41) is 6.67. The zero-order valence-corrected chi connectivity index (χ0v) is 13.3. The summed E-state index contributed by atoms with van der Waals surface area (Å²) in [6.45, 7) is 6.98. The quantitative estimate of drug-likeness (QED) is 0.835. The Hall–Kier alpha value is -2.48. The number of aromatic nitrogens is 4. The zero-order valence-electron chi connectivity index (χ0n) is 13.3. The minimum atomic E-state index is -0.309. The molecule has 2 N–H and O–H groups in total. The Morgan fingerprint density at radius 1 is 1.26 bits per heavy atom. The molecule has 1 aliphatic rings. The van der Waals surface area contributed by atoms with Gasteiger partial charge in [-0.3, -0.25) is 19.6 Å². The summed E-state index contributed by atoms with van der Waals surface area (Å²) in [6, 6.07) is 1.83. The standard InChI is InChI=1S/C15H20N6O2/c1-10-7-11(2)18-14(22)13(10)15(23)21-5-3-20(4-6-21)8-12-16-9-17-19-12/h7,9H,3-6,8H2,1-2H3,(H,18,22)(H,16,17,19). The molecule has 0 spiro atoms. The molecule has 2 aromatic heterocycles. The van der Waals surface area contributed by atoms with Crippen molar-refractivity contribution in [3.05, 3.63) is 45.4 Å². The molecule has 122 valence electrons. The molecule has 8 nitrogen and oxygen atoms in total. The Balaban J connectivity index is 1.66. The minimum Gasteiger partial charge on any atom is -0.336 e. The van der Waals surface area contributed by atoms with Crippen LogP contribution in [0.25, 0.3) is 0 Å². The van der Waals surface area contributed by atoms with E-state index in [1.165, 1.54) is 6.33 Å². The fourth-order valence-corrected chi connectivity index (χ4v) is 2.91. The number of rotatable bonds is 3. The van der Waals surface area contributed by atoms with Crippen molar-refractivity contribution < 1.29 is 4.79 Å². The van der Waals surface area contributed by atoms with Crippen molar-refractivity contribution in [2.45, 2.75) is 20.4 Å². The van der Waals surface area contributed by atoms with Crippen molar-refractivity contribution >= 4 is 5.91 Å². The van der Waals surface area contributed by atoms with Crippen LogP contribution in [0.1, 0.15) is 27.4 Å². The maximum absolute atomic E-state index is 12.6. The van der Waals surface area contributed by atoms with Gasteiger partial charge in [0.2, 0.25) is 0 Å². The first-order chi connectivity index (χ1) is 11.0. The molecule has 0 aliphatic carbocycles. The number of carbonyl (C=O) groups is 1. The van der Waals surface area contributed by atoms with E-state index >= 15 is 0 Å². The molecular weight excluding hydrogens is 296 g/mol. The molecule has 1 fully saturated rings. The third-order valence-corrected chi connectivity index (χ3v) is 4.08. The van der Waals surface area contributed by atoms with Gasteiger partial charge in [0.25, 0.3) is 11.5 Å². The first-order valence-corrected chi connectivity index (χ1v) is 7.61. The van der Waals surface area contributed by atoms with Crippen LogP contribution in [0.4, 0.5) is 0 Å². The first kappa shape index (κ1) is 15.4. The molecule has 8 heteroatoms. The van der Waals surface area contributed by atoms with Crippen LogP contribution in [0.2, 0.25) is 0 Å². The highest BCUT2D eigenvalue weighted by atomic mass is 16.2. The Bertz CT molecular complexity index is 744. The summed E-state index contributed by atoms with van der Waals surface area (Å²) in [4.78, 5) is 35.5. The van der Waals surface area contributed by atoms with Crippen LogP contribution >= 0.6 is 0 Å². The number of aryl methyl sites for hydroxylation is 2. The van der Waals surface area contributed by atoms with Crippen LogP contribution in [0, 0.1) is 13.8 Å². The molecule has 0 bridgehead atoms. The number of nitrogens with zero attached hydrogens (tertiary/aromatic N) is 4. The number of hydrogen-bond donors (Lipinski definition) is 2. The lowest BCUT2D eigenvalue weighted by atomic mass is 10.1. The third-order valence-electron chi connectivity index (χ3n) is 4.08. The van der Waals surface area contributed by atoms with Gasteiger partial charge in [-0.1, -0.05) is 0 Å². The predicted octanol–water partition coefficient (Wildman–Crippen LogP) is 0.0678. The van der Waals surface area contributed by atoms with Gasteiger partial charge in [-0.05, 0) is 25.5 Å². The Kier molecular flexibility index (Phi) is 4.24. The normalized spacial score (nSPS) is 15.8. The van der Waals surface area contributed by atoms with Crippen LogP contribution in [0.15, 0.2) is 17.2 Å². The van der Waals surface area contributed by atoms with E-state index in [1.54, 1.807) is 11.8 Å². The lowest BCUT2D eigenvalue weighted by Gasteiger charge is -2.34. The summed E-state index contributed by atoms with van der Waals surface area (Å²) in [5.41, 5.74) is 1.43. The van der Waals surface area contributed by atoms with Crippen LogP contribution < -0.4 is 5.56 Å². The molecule has 1 amide bonds. The molecule has 0 atom stereocenters. The van der Waals surface area contributed by atoms with Gasteiger partial charge in [0.1, 0.15) is 17.7 Å². The minimum absolute atomic E-state index is 0.192. The zero-order chi connectivity index (χ0) is 16.4. The third kappa shape index (κ3) is 3.31. The average molecular weight is 316 g/mol. The fourth-order valence-electron chi connectivity index (χ4n) is 2.91. The molecule has 0 aromatic carbocycles. The van der Waals surface area contributed by atoms with Gasteiger partial charge in [-0.2, -0.15) is 5.10 Å². The van der Waals surface area contributed by atoms with Crippen LogP contribution in [-0.2, 0) is 6.54 Å². The summed E-state index contributed by atoms with van der Waals surface area (Å²) < 4.78 is 0. The Morgan fingerprint density at radius 2 is 2.00 bits per heavy atom. The highest BCUT2D eigenvalue weighted by Gasteiger charge is 2.25. The lowest BCUT2D eigenvalue weighted by Crippen LogP contribution is -2.49. The Labute approximate surface area is 133 Å². The molecule has 0 saturated carbocycles. The van der Waals surface area contributed by atoms with Crippen molar-refractivity contribution in [2.24, 2.45) is 0 Å². The highest BCUT2D eigenvalue weighted by Crippen LogP contribution is 2.11. The maximum Gasteiger partial charge on any atom is 0.261 e. The van der Waals surface area contributed by atoms with Gasteiger partial charge in [-0.25, -0.2) is 4.98 Å². The summed E-state index contributed by atoms with van der Waals surface area (Å²) >= 11 is 0. The fraction of sp³-hybridized carbons (Fsp3) is 0.467. The van der Waals surface area contributed by atoms with Crippen LogP contribution in [0.3, 0.4) is 0 Å². The molecule has 0 radical (unpaired) electrons. The number of carbonyl (C=O) groups excluding carboxylic acids is 1. The first-order valence-electron chi connectivity index (χ1n) is 7.61. The molecule has 1 saturated heterocycles. The van der Waals surface area contributed by atoms with Gasteiger partial charge >= 0.3 is 0 Å². The monoisotopic (exact) mass is 316 g/mol. The van der Waals surface area contributed by atoms with E-state index in [9.17, 15) is 9.59 Å². The summed E-state index contributed by atoms with van der Waals surface area (Å²) in [6.07, 6.45) is 1.49. The number of hydrogen-bond acceptors (Lipinski definition) is 5. The van der Waals surface area contributed by atoms with E-state index in [1.807, 2.05) is 13.0 Å². The van der Waals surface area contributed by atoms with Crippen molar-refractivity contribution in [3.8, 4) is 0 Å². The van der Waals surface area contributed by atoms with E-state index in [0.717, 1.165) is 30.2 Å². The second-order valence-corrected chi connectivity index (χ2v) is 5.84. The van der Waals surface area contributed by atoms with Gasteiger partial charge in [0.05, 0.1) is 6.54 Å². The highest BCUT2D eigenvalue weighted by molar-refractivity contribution is 5.95. The largest absolute Gasteiger partial charge is 0.336 e. The number of pyridine rings is 1. The van der Waals surface area contributed by atoms with Gasteiger partial charge < -0.3 is 9.88 Å². The van der Waals surface area contributed by atoms with E-state index in [0.29, 0.717) is 19.6 Å². The number of aromatic amines is 2. The topological polar surface area (TPSA) is 98.0 Å². The van der Waals surface area contributed by atoms with Crippen molar-refractivity contribution in [1.82, 2.24) is 30.0 Å². The van der Waals surface area contributed by atoms with Crippen molar-refractivity contribution in [3.63, 3.8) is 0 Å². The van der Waals surface area contributed by atoms with Gasteiger partial charge in [-0.15, -0.1) is 0 Å². The van der Waals surface area contributed by atoms with Crippen LogP contribution in [0.5, 0.6) is 0 Å². The lowest BCUT2D eigenvalue weighted by molar-refractivity contribution is 0.0623. The second-order valence-electron chi connectivity index (χ2n) is 5.84. The average Bonchev–Trinajstić information content (AvgIpc) is 2.99. The van der Waals surface area contributed by atoms with Crippen molar-refractivity contribution in [1.29, 1.82) is 0 Å². The number of piperazine rings is 1. The molecule has 3 heterocycles. The molecule has 1 aliphatic heterocycles. The molecule has 3 rings (SSSR count). The van der Waals surface area contributed by atoms with Crippen molar-refractivity contribution in [2.75, 3.05) is 26.2 Å². The Morgan fingerprint density at radius 3 is 2.61 bits per heavy atom. The maximum atomic E-state index is 12.6. The molecular formula is C15H20N6O2. The number of nitrogens with one attached hydrogen (secondary N) is 2. The number of amides is 1. The number of H-pyrrole nitrogens is 2. The van der Waals surface area contributed by atoms with E-state index < -0.39 is 0 Å². The van der Waals surface area contributed by atoms with E-state index in [2.05, 4.69) is 25.1 Å². The smallest absolute Gasteiger partial charge is 0.261 e. The second kappa shape index (κ2) is 6.33. The molecule has 0 unspecified atom stereocenters. The molecule has 23 heavy (non-hydrogen) atoms. The van der Waals surface area contributed by atoms with E-state index in [-0.39, 0.29) is 17.0 Å². The summed E-state index contributed by atoms with van der Waals surface area (Å²) in [5.74, 6) is 0.624. The SMILES string of the molecule is Cc1cc(C)c(C(=O)N2CCN(Cc3ncn[nH]3)CC2)c(=O)[nH]1. The van der Waals surface area contributed by atoms with Crippen LogP contribution in [-0.4, -0.2) is 62.1 Å². The van der Waals surface area contributed by atoms with Gasteiger partial charge in [0.15, 0.2) is 0 Å². The predicted molar refractivity (Wildman–Crippen MR) is 84.1 cm³/mol. The molecule has 2 aromatic rings.